The van der Waals surface area contributed by atoms with E-state index in [-0.39, 0.29) is 5.82 Å². The average Bonchev–Trinajstić information content (AvgIpc) is 3.07. The maximum absolute atomic E-state index is 13.3. The van der Waals surface area contributed by atoms with Gasteiger partial charge in [-0.05, 0) is 36.2 Å². The Kier molecular flexibility index (Phi) is 5.96. The third kappa shape index (κ3) is 4.39. The molecule has 6 heteroatoms. The number of methoxy groups -OCH3 is 1. The lowest BCUT2D eigenvalue weighted by Gasteiger charge is -2.23. The van der Waals surface area contributed by atoms with Crippen molar-refractivity contribution in [2.24, 2.45) is 4.99 Å². The number of aliphatic imine (C=N–C) groups is 1. The number of hydrogen-bond donors (Lipinski definition) is 2. The van der Waals surface area contributed by atoms with Crippen molar-refractivity contribution in [3.63, 3.8) is 0 Å². The minimum Gasteiger partial charge on any atom is -0.496 e. The molecular formula is C21H25FN4O. The van der Waals surface area contributed by atoms with Crippen LogP contribution < -0.4 is 10.1 Å². The van der Waals surface area contributed by atoms with Gasteiger partial charge in [-0.2, -0.15) is 0 Å². The molecule has 0 aliphatic rings. The van der Waals surface area contributed by atoms with Crippen LogP contribution in [0.5, 0.6) is 5.75 Å². The lowest BCUT2D eigenvalue weighted by atomic mass is 10.1. The predicted molar refractivity (Wildman–Crippen MR) is 108 cm³/mol. The van der Waals surface area contributed by atoms with E-state index in [0.717, 1.165) is 46.7 Å². The van der Waals surface area contributed by atoms with Crippen molar-refractivity contribution in [2.45, 2.75) is 13.0 Å². The topological polar surface area (TPSA) is 52.7 Å². The number of fused-ring (bicyclic) bond motifs is 1. The monoisotopic (exact) mass is 368 g/mol. The van der Waals surface area contributed by atoms with Crippen LogP contribution in [0.1, 0.15) is 11.1 Å². The van der Waals surface area contributed by atoms with E-state index in [1.54, 1.807) is 14.2 Å². The standard InChI is InChI=1S/C21H25FN4O/c1-23-21(26(2)14-16-6-4-5-7-20(16)27-3)24-11-10-15-13-25-19-12-17(22)8-9-18(15)19/h4-9,12-13,25H,10-11,14H2,1-3H3,(H,23,24). The smallest absolute Gasteiger partial charge is 0.193 e. The number of halogens is 1. The molecule has 0 atom stereocenters. The van der Waals surface area contributed by atoms with Crippen molar-refractivity contribution in [1.82, 2.24) is 15.2 Å². The van der Waals surface area contributed by atoms with Crippen molar-refractivity contribution in [3.8, 4) is 5.75 Å². The summed E-state index contributed by atoms with van der Waals surface area (Å²) in [5.41, 5.74) is 3.08. The molecule has 0 aliphatic carbocycles. The fraction of sp³-hybridized carbons (Fsp3) is 0.286. The zero-order valence-electron chi connectivity index (χ0n) is 15.9. The summed E-state index contributed by atoms with van der Waals surface area (Å²) in [6, 6.07) is 12.8. The van der Waals surface area contributed by atoms with Crippen LogP contribution in [0.3, 0.4) is 0 Å². The number of para-hydroxylation sites is 1. The highest BCUT2D eigenvalue weighted by molar-refractivity contribution is 5.83. The van der Waals surface area contributed by atoms with Gasteiger partial charge in [0.2, 0.25) is 0 Å². The number of hydrogen-bond acceptors (Lipinski definition) is 2. The fourth-order valence-corrected chi connectivity index (χ4v) is 3.22. The maximum atomic E-state index is 13.3. The third-order valence-electron chi connectivity index (χ3n) is 4.58. The van der Waals surface area contributed by atoms with E-state index in [4.69, 9.17) is 4.74 Å². The molecule has 3 aromatic rings. The number of aromatic amines is 1. The first kappa shape index (κ1) is 18.8. The van der Waals surface area contributed by atoms with Crippen molar-refractivity contribution < 1.29 is 9.13 Å². The number of H-pyrrole nitrogens is 1. The molecule has 0 aliphatic heterocycles. The highest BCUT2D eigenvalue weighted by Gasteiger charge is 2.10. The second-order valence-electron chi connectivity index (χ2n) is 6.40. The number of guanidine groups is 1. The van der Waals surface area contributed by atoms with Crippen LogP contribution in [0.25, 0.3) is 10.9 Å². The molecule has 1 aromatic heterocycles. The van der Waals surface area contributed by atoms with Crippen LogP contribution >= 0.6 is 0 Å². The van der Waals surface area contributed by atoms with E-state index in [1.165, 1.54) is 12.1 Å². The third-order valence-corrected chi connectivity index (χ3v) is 4.58. The zero-order valence-corrected chi connectivity index (χ0v) is 15.9. The van der Waals surface area contributed by atoms with Crippen LogP contribution in [-0.4, -0.2) is 43.6 Å². The average molecular weight is 368 g/mol. The van der Waals surface area contributed by atoms with Gasteiger partial charge in [0.1, 0.15) is 11.6 Å². The lowest BCUT2D eigenvalue weighted by molar-refractivity contribution is 0.396. The van der Waals surface area contributed by atoms with Crippen molar-refractivity contribution in [1.29, 1.82) is 0 Å². The molecule has 0 spiro atoms. The van der Waals surface area contributed by atoms with Crippen LogP contribution in [0.15, 0.2) is 53.7 Å². The molecule has 142 valence electrons. The van der Waals surface area contributed by atoms with Gasteiger partial charge in [-0.1, -0.05) is 18.2 Å². The molecule has 5 nitrogen and oxygen atoms in total. The van der Waals surface area contributed by atoms with Crippen molar-refractivity contribution in [3.05, 3.63) is 65.6 Å². The number of benzene rings is 2. The number of aromatic nitrogens is 1. The van der Waals surface area contributed by atoms with Gasteiger partial charge in [-0.15, -0.1) is 0 Å². The highest BCUT2D eigenvalue weighted by atomic mass is 19.1. The number of rotatable bonds is 6. The van der Waals surface area contributed by atoms with Gasteiger partial charge >= 0.3 is 0 Å². The largest absolute Gasteiger partial charge is 0.496 e. The van der Waals surface area contributed by atoms with Crippen LogP contribution in [0.2, 0.25) is 0 Å². The second kappa shape index (κ2) is 8.58. The summed E-state index contributed by atoms with van der Waals surface area (Å²) < 4.78 is 18.7. The molecule has 2 N–H and O–H groups in total. The molecule has 0 bridgehead atoms. The zero-order chi connectivity index (χ0) is 19.2. The number of nitrogens with one attached hydrogen (secondary N) is 2. The summed E-state index contributed by atoms with van der Waals surface area (Å²) in [7, 11) is 5.45. The molecule has 0 saturated carbocycles. The van der Waals surface area contributed by atoms with Gasteiger partial charge in [0.05, 0.1) is 7.11 Å². The van der Waals surface area contributed by atoms with Crippen LogP contribution in [0.4, 0.5) is 4.39 Å². The Hall–Kier alpha value is -3.02. The highest BCUT2D eigenvalue weighted by Crippen LogP contribution is 2.20. The summed E-state index contributed by atoms with van der Waals surface area (Å²) in [4.78, 5) is 9.55. The molecule has 3 rings (SSSR count). The van der Waals surface area contributed by atoms with E-state index in [0.29, 0.717) is 6.54 Å². The van der Waals surface area contributed by atoms with E-state index in [2.05, 4.69) is 20.2 Å². The Balaban J connectivity index is 1.60. The Bertz CT molecular complexity index is 935. The molecule has 2 aromatic carbocycles. The molecule has 0 radical (unpaired) electrons. The molecule has 0 amide bonds. The van der Waals surface area contributed by atoms with E-state index in [9.17, 15) is 4.39 Å². The van der Waals surface area contributed by atoms with Gasteiger partial charge in [0.25, 0.3) is 0 Å². The number of nitrogens with zero attached hydrogens (tertiary/aromatic N) is 2. The quantitative estimate of drug-likeness (QED) is 0.517. The van der Waals surface area contributed by atoms with E-state index in [1.807, 2.05) is 43.6 Å². The van der Waals surface area contributed by atoms with Crippen molar-refractivity contribution >= 4 is 16.9 Å². The SMILES string of the molecule is CN=C(NCCc1c[nH]c2cc(F)ccc12)N(C)Cc1ccccc1OC. The lowest BCUT2D eigenvalue weighted by Crippen LogP contribution is -2.39. The summed E-state index contributed by atoms with van der Waals surface area (Å²) in [6.07, 6.45) is 2.75. The first-order valence-electron chi connectivity index (χ1n) is 8.91. The van der Waals surface area contributed by atoms with Gasteiger partial charge in [-0.25, -0.2) is 4.39 Å². The summed E-state index contributed by atoms with van der Waals surface area (Å²) in [5.74, 6) is 1.45. The molecule has 0 fully saturated rings. The molecule has 27 heavy (non-hydrogen) atoms. The van der Waals surface area contributed by atoms with E-state index >= 15 is 0 Å². The predicted octanol–water partition coefficient (Wildman–Crippen LogP) is 3.57. The maximum Gasteiger partial charge on any atom is 0.193 e. The Labute approximate surface area is 158 Å². The number of ether oxygens (including phenoxy) is 1. The van der Waals surface area contributed by atoms with Gasteiger partial charge in [0, 0.05) is 49.8 Å². The Morgan fingerprint density at radius 2 is 2.04 bits per heavy atom. The van der Waals surface area contributed by atoms with Crippen LogP contribution in [0, 0.1) is 5.82 Å². The molecule has 1 heterocycles. The first-order valence-corrected chi connectivity index (χ1v) is 8.91. The molecule has 0 saturated heterocycles. The van der Waals surface area contributed by atoms with Gasteiger partial charge < -0.3 is 19.9 Å². The fourth-order valence-electron chi connectivity index (χ4n) is 3.22. The second-order valence-corrected chi connectivity index (χ2v) is 6.40. The van der Waals surface area contributed by atoms with Crippen LogP contribution in [-0.2, 0) is 13.0 Å². The molecule has 0 unspecified atom stereocenters. The van der Waals surface area contributed by atoms with Crippen molar-refractivity contribution in [2.75, 3.05) is 27.7 Å². The Morgan fingerprint density at radius 3 is 2.81 bits per heavy atom. The van der Waals surface area contributed by atoms with Gasteiger partial charge in [-0.3, -0.25) is 4.99 Å². The Morgan fingerprint density at radius 1 is 1.22 bits per heavy atom. The summed E-state index contributed by atoms with van der Waals surface area (Å²) in [5, 5.41) is 4.44. The summed E-state index contributed by atoms with van der Waals surface area (Å²) >= 11 is 0. The minimum absolute atomic E-state index is 0.229. The minimum atomic E-state index is -0.229. The van der Waals surface area contributed by atoms with Gasteiger partial charge in [0.15, 0.2) is 5.96 Å². The normalized spacial score (nSPS) is 11.6. The summed E-state index contributed by atoms with van der Waals surface area (Å²) in [6.45, 7) is 1.42. The molecular weight excluding hydrogens is 343 g/mol. The first-order chi connectivity index (χ1) is 13.1. The van der Waals surface area contributed by atoms with E-state index < -0.39 is 0 Å².